The van der Waals surface area contributed by atoms with Gasteiger partial charge in [0.1, 0.15) is 0 Å². The van der Waals surface area contributed by atoms with Crippen molar-refractivity contribution in [3.8, 4) is 0 Å². The zero-order chi connectivity index (χ0) is 14.9. The molecule has 0 radical (unpaired) electrons. The van der Waals surface area contributed by atoms with Crippen LogP contribution in [-0.4, -0.2) is 25.1 Å². The monoisotopic (exact) mass is 311 g/mol. The summed E-state index contributed by atoms with van der Waals surface area (Å²) >= 11 is 0. The number of aryl methyl sites for hydroxylation is 1. The first kappa shape index (κ1) is 15.1. The summed E-state index contributed by atoms with van der Waals surface area (Å²) in [4.78, 5) is 0.392. The zero-order valence-corrected chi connectivity index (χ0v) is 13.5. The summed E-state index contributed by atoms with van der Waals surface area (Å²) in [5.74, 6) is 0. The van der Waals surface area contributed by atoms with Crippen LogP contribution in [0, 0.1) is 0 Å². The highest BCUT2D eigenvalue weighted by Gasteiger charge is 2.24. The Bertz CT molecular complexity index is 584. The van der Waals surface area contributed by atoms with E-state index in [1.54, 1.807) is 12.3 Å². The normalized spacial score (nSPS) is 20.8. The van der Waals surface area contributed by atoms with Crippen molar-refractivity contribution in [3.05, 3.63) is 18.0 Å². The fourth-order valence-electron chi connectivity index (χ4n) is 2.94. The summed E-state index contributed by atoms with van der Waals surface area (Å²) in [6.45, 7) is 0.736. The van der Waals surface area contributed by atoms with Crippen LogP contribution in [0.2, 0.25) is 0 Å². The van der Waals surface area contributed by atoms with E-state index in [2.05, 4.69) is 10.0 Å². The lowest BCUT2D eigenvalue weighted by Crippen LogP contribution is -2.36. The van der Waals surface area contributed by atoms with E-state index in [1.807, 2.05) is 11.6 Å². The molecule has 1 aromatic rings. The maximum Gasteiger partial charge on any atom is 0.242 e. The molecule has 1 aromatic heterocycles. The molecular formula is C15H25N3O2S. The Morgan fingerprint density at radius 1 is 1.14 bits per heavy atom. The first-order chi connectivity index (χ1) is 10.0. The zero-order valence-electron chi connectivity index (χ0n) is 12.6. The minimum absolute atomic E-state index is 0.108. The summed E-state index contributed by atoms with van der Waals surface area (Å²) in [6, 6.07) is 2.53. The van der Waals surface area contributed by atoms with E-state index in [0.29, 0.717) is 10.9 Å². The average Bonchev–Trinajstić information content (AvgIpc) is 3.20. The summed E-state index contributed by atoms with van der Waals surface area (Å²) in [5, 5.41) is 3.42. The minimum atomic E-state index is -3.38. The van der Waals surface area contributed by atoms with Crippen LogP contribution in [0.5, 0.6) is 0 Å². The van der Waals surface area contributed by atoms with E-state index in [1.165, 1.54) is 19.3 Å². The predicted octanol–water partition coefficient (Wildman–Crippen LogP) is 1.89. The van der Waals surface area contributed by atoms with Crippen molar-refractivity contribution in [1.82, 2.24) is 14.6 Å². The Morgan fingerprint density at radius 2 is 1.86 bits per heavy atom. The molecule has 21 heavy (non-hydrogen) atoms. The van der Waals surface area contributed by atoms with Crippen molar-refractivity contribution >= 4 is 10.0 Å². The smallest absolute Gasteiger partial charge is 0.242 e. The van der Waals surface area contributed by atoms with Crippen LogP contribution in [-0.2, 0) is 23.6 Å². The second kappa shape index (κ2) is 6.10. The van der Waals surface area contributed by atoms with Crippen molar-refractivity contribution in [3.63, 3.8) is 0 Å². The molecule has 0 saturated heterocycles. The van der Waals surface area contributed by atoms with Crippen LogP contribution in [0.1, 0.15) is 50.6 Å². The molecule has 0 bridgehead atoms. The van der Waals surface area contributed by atoms with Crippen molar-refractivity contribution in [2.75, 3.05) is 0 Å². The second-order valence-electron chi connectivity index (χ2n) is 6.39. The molecule has 0 unspecified atom stereocenters. The third-order valence-electron chi connectivity index (χ3n) is 4.47. The molecule has 0 amide bonds. The predicted molar refractivity (Wildman–Crippen MR) is 82.5 cm³/mol. The number of nitrogens with one attached hydrogen (secondary N) is 2. The maximum atomic E-state index is 12.5. The van der Waals surface area contributed by atoms with Crippen molar-refractivity contribution in [2.24, 2.45) is 7.05 Å². The molecule has 5 nitrogen and oxygen atoms in total. The molecule has 1 heterocycles. The molecule has 118 valence electrons. The number of sulfonamides is 1. The third-order valence-corrected chi connectivity index (χ3v) is 5.96. The van der Waals surface area contributed by atoms with E-state index >= 15 is 0 Å². The second-order valence-corrected chi connectivity index (χ2v) is 8.10. The summed E-state index contributed by atoms with van der Waals surface area (Å²) < 4.78 is 29.7. The van der Waals surface area contributed by atoms with Crippen molar-refractivity contribution < 1.29 is 8.42 Å². The Morgan fingerprint density at radius 3 is 2.52 bits per heavy atom. The van der Waals surface area contributed by atoms with Gasteiger partial charge >= 0.3 is 0 Å². The first-order valence-electron chi connectivity index (χ1n) is 7.95. The van der Waals surface area contributed by atoms with E-state index < -0.39 is 10.0 Å². The van der Waals surface area contributed by atoms with E-state index in [0.717, 1.165) is 37.9 Å². The van der Waals surface area contributed by atoms with Gasteiger partial charge < -0.3 is 9.88 Å². The van der Waals surface area contributed by atoms with Crippen LogP contribution in [0.3, 0.4) is 0 Å². The minimum Gasteiger partial charge on any atom is -0.352 e. The molecule has 0 atom stereocenters. The SMILES string of the molecule is Cn1cc(S(=O)(=O)NC2CCCCC2)cc1CNC1CC1. The average molecular weight is 311 g/mol. The van der Waals surface area contributed by atoms with Crippen LogP contribution >= 0.6 is 0 Å². The van der Waals surface area contributed by atoms with E-state index in [4.69, 9.17) is 0 Å². The topological polar surface area (TPSA) is 63.1 Å². The molecule has 2 aliphatic rings. The highest BCUT2D eigenvalue weighted by Crippen LogP contribution is 2.22. The maximum absolute atomic E-state index is 12.5. The van der Waals surface area contributed by atoms with Gasteiger partial charge in [-0.25, -0.2) is 13.1 Å². The van der Waals surface area contributed by atoms with Crippen LogP contribution < -0.4 is 10.0 Å². The Hall–Kier alpha value is -0.850. The number of hydrogen-bond donors (Lipinski definition) is 2. The summed E-state index contributed by atoms with van der Waals surface area (Å²) in [6.07, 6.45) is 9.58. The molecule has 6 heteroatoms. The van der Waals surface area contributed by atoms with Crippen molar-refractivity contribution in [2.45, 2.75) is 68.5 Å². The summed E-state index contributed by atoms with van der Waals surface area (Å²) in [5.41, 5.74) is 1.02. The number of nitrogens with zero attached hydrogens (tertiary/aromatic N) is 1. The first-order valence-corrected chi connectivity index (χ1v) is 9.44. The molecule has 2 N–H and O–H groups in total. The van der Waals surface area contributed by atoms with Gasteiger partial charge in [0.2, 0.25) is 10.0 Å². The summed E-state index contributed by atoms with van der Waals surface area (Å²) in [7, 11) is -1.48. The number of aromatic nitrogens is 1. The standard InChI is InChI=1S/C15H25N3O2S/c1-18-11-15(9-14(18)10-16-12-7-8-12)21(19,20)17-13-5-3-2-4-6-13/h9,11-13,16-17H,2-8,10H2,1H3. The van der Waals surface area contributed by atoms with Crippen LogP contribution in [0.25, 0.3) is 0 Å². The highest BCUT2D eigenvalue weighted by molar-refractivity contribution is 7.89. The molecule has 2 saturated carbocycles. The lowest BCUT2D eigenvalue weighted by atomic mass is 9.96. The Labute approximate surface area is 127 Å². The van der Waals surface area contributed by atoms with Gasteiger partial charge in [-0.3, -0.25) is 0 Å². The van der Waals surface area contributed by atoms with Crippen LogP contribution in [0.15, 0.2) is 17.2 Å². The third kappa shape index (κ3) is 3.87. The molecule has 2 fully saturated rings. The van der Waals surface area contributed by atoms with Gasteiger partial charge in [0.25, 0.3) is 0 Å². The van der Waals surface area contributed by atoms with Gasteiger partial charge in [-0.15, -0.1) is 0 Å². The molecule has 0 aromatic carbocycles. The molecule has 0 spiro atoms. The van der Waals surface area contributed by atoms with Crippen molar-refractivity contribution in [1.29, 1.82) is 0 Å². The van der Waals surface area contributed by atoms with Gasteiger partial charge in [0.15, 0.2) is 0 Å². The lowest BCUT2D eigenvalue weighted by Gasteiger charge is -2.22. The van der Waals surface area contributed by atoms with Gasteiger partial charge in [0.05, 0.1) is 4.90 Å². The van der Waals surface area contributed by atoms with Gasteiger partial charge in [-0.05, 0) is 31.7 Å². The Balaban J connectivity index is 1.67. The quantitative estimate of drug-likeness (QED) is 0.843. The largest absolute Gasteiger partial charge is 0.352 e. The van der Waals surface area contributed by atoms with E-state index in [-0.39, 0.29) is 6.04 Å². The number of rotatable bonds is 6. The van der Waals surface area contributed by atoms with Crippen LogP contribution in [0.4, 0.5) is 0 Å². The van der Waals surface area contributed by atoms with Gasteiger partial charge in [-0.1, -0.05) is 19.3 Å². The van der Waals surface area contributed by atoms with E-state index in [9.17, 15) is 8.42 Å². The molecule has 0 aliphatic heterocycles. The fraction of sp³-hybridized carbons (Fsp3) is 0.733. The van der Waals surface area contributed by atoms with Gasteiger partial charge in [0, 0.05) is 37.6 Å². The number of hydrogen-bond acceptors (Lipinski definition) is 3. The fourth-order valence-corrected chi connectivity index (χ4v) is 4.34. The van der Waals surface area contributed by atoms with Gasteiger partial charge in [-0.2, -0.15) is 0 Å². The molecule has 3 rings (SSSR count). The Kier molecular flexibility index (Phi) is 4.38. The molecular weight excluding hydrogens is 286 g/mol. The molecule has 2 aliphatic carbocycles. The lowest BCUT2D eigenvalue weighted by molar-refractivity contribution is 0.412. The highest BCUT2D eigenvalue weighted by atomic mass is 32.2.